The molecule has 3 N–H and O–H groups in total. The lowest BCUT2D eigenvalue weighted by molar-refractivity contribution is -0.140. The lowest BCUT2D eigenvalue weighted by Crippen LogP contribution is -2.20. The fourth-order valence-electron chi connectivity index (χ4n) is 3.98. The van der Waals surface area contributed by atoms with Gasteiger partial charge in [-0.2, -0.15) is 17.7 Å². The molecule has 0 aliphatic rings. The predicted octanol–water partition coefficient (Wildman–Crippen LogP) is 4.52. The number of alkyl halides is 3. The molecule has 0 bridgehead atoms. The predicted molar refractivity (Wildman–Crippen MR) is 120 cm³/mol. The third kappa shape index (κ3) is 3.41. The summed E-state index contributed by atoms with van der Waals surface area (Å²) in [4.78, 5) is 36.7. The highest BCUT2D eigenvalue weighted by Crippen LogP contribution is 2.38. The first kappa shape index (κ1) is 21.4. The summed E-state index contributed by atoms with van der Waals surface area (Å²) in [6.45, 7) is 2.89. The summed E-state index contributed by atoms with van der Waals surface area (Å²) >= 11 is 0. The fourth-order valence-corrected chi connectivity index (χ4v) is 3.98. The van der Waals surface area contributed by atoms with Gasteiger partial charge in [-0.05, 0) is 24.6 Å². The first-order valence-electron chi connectivity index (χ1n) is 10.2. The zero-order chi connectivity index (χ0) is 24.2. The number of aryl methyl sites for hydroxylation is 1. The number of rotatable bonds is 3. The van der Waals surface area contributed by atoms with E-state index in [-0.39, 0.29) is 39.8 Å². The highest BCUT2D eigenvalue weighted by atomic mass is 19.4. The normalized spacial score (nSPS) is 11.9. The Hall–Kier alpha value is -4.41. The summed E-state index contributed by atoms with van der Waals surface area (Å²) in [5, 5.41) is 4.86. The van der Waals surface area contributed by atoms with Gasteiger partial charge in [-0.15, -0.1) is 0 Å². The second kappa shape index (κ2) is 7.58. The standard InChI is InChI=1S/C23H17F3N6O2/c1-11-16(20-29-15-10-6-9-14(18(15)30-20)28-12(2)33)22(34)32-21(27-11)17(13-7-4-3-5-8-13)19(31-32)23(24,25)26/h3-10,31H,1-2H3,(H,28,33)(H,29,30). The first-order valence-corrected chi connectivity index (χ1v) is 10.2. The van der Waals surface area contributed by atoms with Gasteiger partial charge in [0.2, 0.25) is 5.91 Å². The molecule has 0 saturated carbocycles. The SMILES string of the molecule is CC(=O)Nc1cccc2[nH]c(-c3c(C)nc4c(-c5ccccc5)c(C(F)(F)F)[nH]n4c3=O)nc12. The molecule has 0 aliphatic carbocycles. The van der Waals surface area contributed by atoms with Gasteiger partial charge in [0.15, 0.2) is 5.65 Å². The van der Waals surface area contributed by atoms with Gasteiger partial charge in [0.1, 0.15) is 22.6 Å². The van der Waals surface area contributed by atoms with Crippen molar-refractivity contribution in [3.63, 3.8) is 0 Å². The van der Waals surface area contributed by atoms with Crippen LogP contribution in [0.2, 0.25) is 0 Å². The van der Waals surface area contributed by atoms with Crippen LogP contribution < -0.4 is 10.9 Å². The van der Waals surface area contributed by atoms with Crippen LogP contribution >= 0.6 is 0 Å². The van der Waals surface area contributed by atoms with Crippen LogP contribution in [-0.2, 0) is 11.0 Å². The number of aromatic nitrogens is 5. The molecule has 34 heavy (non-hydrogen) atoms. The Bertz CT molecular complexity index is 1630. The molecule has 172 valence electrons. The van der Waals surface area contributed by atoms with Crippen LogP contribution in [0.25, 0.3) is 39.2 Å². The van der Waals surface area contributed by atoms with Crippen molar-refractivity contribution < 1.29 is 18.0 Å². The molecule has 5 rings (SSSR count). The highest BCUT2D eigenvalue weighted by Gasteiger charge is 2.38. The lowest BCUT2D eigenvalue weighted by Gasteiger charge is -2.07. The summed E-state index contributed by atoms with van der Waals surface area (Å²) in [6.07, 6.45) is -4.74. The minimum atomic E-state index is -4.74. The molecule has 0 saturated heterocycles. The van der Waals surface area contributed by atoms with E-state index in [1.165, 1.54) is 26.0 Å². The summed E-state index contributed by atoms with van der Waals surface area (Å²) in [7, 11) is 0. The molecule has 2 aromatic carbocycles. The average Bonchev–Trinajstić information content (AvgIpc) is 3.36. The highest BCUT2D eigenvalue weighted by molar-refractivity contribution is 5.99. The number of nitrogens with one attached hydrogen (secondary N) is 3. The minimum absolute atomic E-state index is 0.0112. The maximum atomic E-state index is 13.9. The third-order valence-electron chi connectivity index (χ3n) is 5.37. The van der Waals surface area contributed by atoms with Crippen molar-refractivity contribution in [1.82, 2.24) is 24.6 Å². The van der Waals surface area contributed by atoms with Crippen molar-refractivity contribution in [3.05, 3.63) is 70.3 Å². The second-order valence-electron chi connectivity index (χ2n) is 7.73. The number of hydrogen-bond donors (Lipinski definition) is 3. The summed E-state index contributed by atoms with van der Waals surface area (Å²) in [6, 6.07) is 13.0. The van der Waals surface area contributed by atoms with Crippen LogP contribution in [0, 0.1) is 6.92 Å². The van der Waals surface area contributed by atoms with E-state index in [1.807, 2.05) is 0 Å². The first-order chi connectivity index (χ1) is 16.1. The number of carbonyl (C=O) groups excluding carboxylic acids is 1. The Morgan fingerprint density at radius 3 is 2.44 bits per heavy atom. The molecule has 0 spiro atoms. The van der Waals surface area contributed by atoms with Crippen molar-refractivity contribution in [3.8, 4) is 22.5 Å². The molecule has 1 amide bonds. The van der Waals surface area contributed by atoms with E-state index in [1.54, 1.807) is 36.4 Å². The van der Waals surface area contributed by atoms with E-state index in [2.05, 4.69) is 25.4 Å². The quantitative estimate of drug-likeness (QED) is 0.363. The van der Waals surface area contributed by atoms with Crippen LogP contribution in [0.5, 0.6) is 0 Å². The lowest BCUT2D eigenvalue weighted by atomic mass is 10.1. The molecule has 11 heteroatoms. The zero-order valence-corrected chi connectivity index (χ0v) is 17.9. The Balaban J connectivity index is 1.78. The number of aromatic amines is 2. The topological polar surface area (TPSA) is 108 Å². The molecule has 0 aliphatic heterocycles. The maximum Gasteiger partial charge on any atom is 0.433 e. The van der Waals surface area contributed by atoms with E-state index in [9.17, 15) is 22.8 Å². The Labute approximate surface area is 189 Å². The van der Waals surface area contributed by atoms with Crippen LogP contribution in [0.3, 0.4) is 0 Å². The number of carbonyl (C=O) groups is 1. The van der Waals surface area contributed by atoms with Crippen LogP contribution in [-0.4, -0.2) is 30.5 Å². The van der Waals surface area contributed by atoms with Crippen molar-refractivity contribution in [2.24, 2.45) is 0 Å². The number of benzene rings is 2. The zero-order valence-electron chi connectivity index (χ0n) is 17.9. The number of fused-ring (bicyclic) bond motifs is 2. The summed E-state index contributed by atoms with van der Waals surface area (Å²) in [5.41, 5.74) is -0.292. The number of para-hydroxylation sites is 1. The van der Waals surface area contributed by atoms with Crippen molar-refractivity contribution in [1.29, 1.82) is 0 Å². The van der Waals surface area contributed by atoms with Gasteiger partial charge in [0.05, 0.1) is 22.5 Å². The van der Waals surface area contributed by atoms with Crippen LogP contribution in [0.4, 0.5) is 18.9 Å². The Morgan fingerprint density at radius 2 is 1.76 bits per heavy atom. The largest absolute Gasteiger partial charge is 0.433 e. The maximum absolute atomic E-state index is 13.9. The van der Waals surface area contributed by atoms with Gasteiger partial charge in [-0.1, -0.05) is 36.4 Å². The monoisotopic (exact) mass is 466 g/mol. The fraction of sp³-hybridized carbons (Fsp3) is 0.130. The van der Waals surface area contributed by atoms with Gasteiger partial charge >= 0.3 is 6.18 Å². The molecular formula is C23H17F3N6O2. The van der Waals surface area contributed by atoms with Gasteiger partial charge in [-0.25, -0.2) is 9.97 Å². The third-order valence-corrected chi connectivity index (χ3v) is 5.37. The van der Waals surface area contributed by atoms with Gasteiger partial charge in [0, 0.05) is 6.92 Å². The number of amides is 1. The average molecular weight is 466 g/mol. The molecule has 3 heterocycles. The number of anilines is 1. The summed E-state index contributed by atoms with van der Waals surface area (Å²) in [5.74, 6) is -0.169. The molecule has 0 radical (unpaired) electrons. The van der Waals surface area contributed by atoms with Crippen molar-refractivity contribution in [2.75, 3.05) is 5.32 Å². The number of halogens is 3. The van der Waals surface area contributed by atoms with Gasteiger partial charge in [0.25, 0.3) is 5.56 Å². The second-order valence-corrected chi connectivity index (χ2v) is 7.73. The molecule has 0 unspecified atom stereocenters. The minimum Gasteiger partial charge on any atom is -0.338 e. The van der Waals surface area contributed by atoms with Crippen LogP contribution in [0.15, 0.2) is 53.3 Å². The molecule has 5 aromatic rings. The van der Waals surface area contributed by atoms with E-state index in [4.69, 9.17) is 0 Å². The van der Waals surface area contributed by atoms with E-state index in [0.29, 0.717) is 16.7 Å². The molecule has 0 fully saturated rings. The number of nitrogens with zero attached hydrogens (tertiary/aromatic N) is 3. The van der Waals surface area contributed by atoms with Crippen molar-refractivity contribution >= 4 is 28.3 Å². The van der Waals surface area contributed by atoms with Crippen molar-refractivity contribution in [2.45, 2.75) is 20.0 Å². The Morgan fingerprint density at radius 1 is 1.03 bits per heavy atom. The molecule has 8 nitrogen and oxygen atoms in total. The molecular weight excluding hydrogens is 449 g/mol. The number of imidazole rings is 1. The van der Waals surface area contributed by atoms with E-state index >= 15 is 0 Å². The van der Waals surface area contributed by atoms with Gasteiger partial charge in [-0.3, -0.25) is 14.7 Å². The Kier molecular flexibility index (Phi) is 4.78. The number of hydrogen-bond acceptors (Lipinski definition) is 4. The van der Waals surface area contributed by atoms with Crippen LogP contribution in [0.1, 0.15) is 18.3 Å². The van der Waals surface area contributed by atoms with E-state index < -0.39 is 17.4 Å². The molecule has 0 atom stereocenters. The smallest absolute Gasteiger partial charge is 0.338 e. The summed E-state index contributed by atoms with van der Waals surface area (Å²) < 4.78 is 42.5. The number of H-pyrrole nitrogens is 2. The molecule has 3 aromatic heterocycles. The van der Waals surface area contributed by atoms with Gasteiger partial charge < -0.3 is 10.3 Å². The van der Waals surface area contributed by atoms with E-state index in [0.717, 1.165) is 4.52 Å².